The molecule has 2 atom stereocenters. The van der Waals surface area contributed by atoms with Crippen LogP contribution in [-0.4, -0.2) is 48.5 Å². The lowest BCUT2D eigenvalue weighted by molar-refractivity contribution is 0.0896. The van der Waals surface area contributed by atoms with Crippen molar-refractivity contribution in [1.29, 1.82) is 0 Å². The van der Waals surface area contributed by atoms with Crippen molar-refractivity contribution in [1.82, 2.24) is 15.2 Å². The number of piperidine rings is 1. The number of rotatable bonds is 3. The molecular weight excluding hydrogens is 276 g/mol. The number of carbonyl (C=O) groups excluding carboxylic acids is 1. The highest BCUT2D eigenvalue weighted by Gasteiger charge is 2.25. The number of carbonyl (C=O) groups is 1. The van der Waals surface area contributed by atoms with E-state index in [0.29, 0.717) is 22.4 Å². The van der Waals surface area contributed by atoms with E-state index in [1.54, 1.807) is 13.1 Å². The summed E-state index contributed by atoms with van der Waals surface area (Å²) in [6, 6.07) is 2.36. The molecule has 1 aromatic rings. The highest BCUT2D eigenvalue weighted by molar-refractivity contribution is 6.33. The molecule has 0 radical (unpaired) electrons. The molecule has 5 nitrogen and oxygen atoms in total. The number of nitrogens with zero attached hydrogens (tertiary/aromatic N) is 2. The first-order valence-corrected chi connectivity index (χ1v) is 7.23. The molecule has 1 saturated heterocycles. The molecule has 2 rings (SSSR count). The topological polar surface area (TPSA) is 57.3 Å². The molecule has 1 aromatic heterocycles. The van der Waals surface area contributed by atoms with E-state index in [2.05, 4.69) is 34.5 Å². The molecule has 0 spiro atoms. The van der Waals surface area contributed by atoms with Crippen molar-refractivity contribution in [3.05, 3.63) is 22.8 Å². The summed E-state index contributed by atoms with van der Waals surface area (Å²) in [6.45, 7) is 3.18. The summed E-state index contributed by atoms with van der Waals surface area (Å²) in [4.78, 5) is 18.7. The van der Waals surface area contributed by atoms with Crippen molar-refractivity contribution in [2.24, 2.45) is 0 Å². The van der Waals surface area contributed by atoms with Gasteiger partial charge in [-0.2, -0.15) is 0 Å². The zero-order valence-electron chi connectivity index (χ0n) is 12.1. The second kappa shape index (κ2) is 6.41. The summed E-state index contributed by atoms with van der Waals surface area (Å²) < 4.78 is 0. The Morgan fingerprint density at radius 2 is 2.30 bits per heavy atom. The van der Waals surface area contributed by atoms with Crippen LogP contribution in [-0.2, 0) is 0 Å². The maximum Gasteiger partial charge on any atom is 0.253 e. The Morgan fingerprint density at radius 3 is 2.95 bits per heavy atom. The van der Waals surface area contributed by atoms with Crippen molar-refractivity contribution in [2.75, 3.05) is 26.0 Å². The van der Waals surface area contributed by atoms with Crippen LogP contribution >= 0.6 is 11.6 Å². The van der Waals surface area contributed by atoms with E-state index in [9.17, 15) is 4.79 Å². The van der Waals surface area contributed by atoms with Crippen LogP contribution in [0.4, 0.5) is 5.82 Å². The average molecular weight is 297 g/mol. The maximum absolute atomic E-state index is 12.3. The van der Waals surface area contributed by atoms with Gasteiger partial charge in [-0.15, -0.1) is 0 Å². The maximum atomic E-state index is 12.3. The third-order valence-corrected chi connectivity index (χ3v) is 4.20. The Kier molecular flexibility index (Phi) is 4.83. The zero-order valence-corrected chi connectivity index (χ0v) is 12.9. The van der Waals surface area contributed by atoms with Crippen molar-refractivity contribution in [2.45, 2.75) is 31.8 Å². The lowest BCUT2D eigenvalue weighted by Crippen LogP contribution is -2.47. The van der Waals surface area contributed by atoms with Crippen LogP contribution in [0.15, 0.2) is 12.3 Å². The summed E-state index contributed by atoms with van der Waals surface area (Å²) in [5.41, 5.74) is 0.470. The minimum absolute atomic E-state index is 0.129. The first-order valence-electron chi connectivity index (χ1n) is 6.85. The molecule has 0 aliphatic carbocycles. The van der Waals surface area contributed by atoms with Gasteiger partial charge < -0.3 is 15.5 Å². The van der Waals surface area contributed by atoms with E-state index in [1.807, 2.05) is 0 Å². The van der Waals surface area contributed by atoms with Crippen LogP contribution in [0.25, 0.3) is 0 Å². The van der Waals surface area contributed by atoms with E-state index in [-0.39, 0.29) is 11.9 Å². The van der Waals surface area contributed by atoms with E-state index in [0.717, 1.165) is 19.4 Å². The second-order valence-corrected chi connectivity index (χ2v) is 5.73. The summed E-state index contributed by atoms with van der Waals surface area (Å²) >= 11 is 6.06. The van der Waals surface area contributed by atoms with Gasteiger partial charge in [0.15, 0.2) is 0 Å². The standard InChI is InChI=1S/C14H21ClN4O/c1-9-6-10(4-5-19(9)3)18-14(20)11-7-13(16-2)17-8-12(11)15/h7-10H,4-6H2,1-3H3,(H,16,17)(H,18,20). The smallest absolute Gasteiger partial charge is 0.253 e. The summed E-state index contributed by atoms with van der Waals surface area (Å²) in [6.07, 6.45) is 3.43. The molecule has 110 valence electrons. The van der Waals surface area contributed by atoms with Crippen molar-refractivity contribution in [3.8, 4) is 0 Å². The molecule has 0 bridgehead atoms. The van der Waals surface area contributed by atoms with E-state index >= 15 is 0 Å². The molecular formula is C14H21ClN4O. The van der Waals surface area contributed by atoms with Gasteiger partial charge in [-0.25, -0.2) is 4.98 Å². The van der Waals surface area contributed by atoms with Crippen LogP contribution in [0.3, 0.4) is 0 Å². The van der Waals surface area contributed by atoms with Gasteiger partial charge in [0.2, 0.25) is 0 Å². The van der Waals surface area contributed by atoms with Gasteiger partial charge in [0.1, 0.15) is 5.82 Å². The molecule has 0 aromatic carbocycles. The monoisotopic (exact) mass is 296 g/mol. The normalized spacial score (nSPS) is 23.4. The average Bonchev–Trinajstić information content (AvgIpc) is 2.43. The van der Waals surface area contributed by atoms with Gasteiger partial charge in [-0.3, -0.25) is 4.79 Å². The first-order chi connectivity index (χ1) is 9.51. The zero-order chi connectivity index (χ0) is 14.7. The lowest BCUT2D eigenvalue weighted by atomic mass is 9.98. The molecule has 2 heterocycles. The number of anilines is 1. The number of amides is 1. The van der Waals surface area contributed by atoms with E-state index < -0.39 is 0 Å². The Balaban J connectivity index is 2.05. The fourth-order valence-electron chi connectivity index (χ4n) is 2.43. The third-order valence-electron chi connectivity index (χ3n) is 3.90. The molecule has 1 fully saturated rings. The molecule has 1 aliphatic rings. The fraction of sp³-hybridized carbons (Fsp3) is 0.571. The van der Waals surface area contributed by atoms with Gasteiger partial charge in [0.25, 0.3) is 5.91 Å². The third kappa shape index (κ3) is 3.41. The quantitative estimate of drug-likeness (QED) is 0.896. The molecule has 2 N–H and O–H groups in total. The van der Waals surface area contributed by atoms with E-state index in [4.69, 9.17) is 11.6 Å². The van der Waals surface area contributed by atoms with Crippen LogP contribution in [0.5, 0.6) is 0 Å². The minimum atomic E-state index is -0.129. The van der Waals surface area contributed by atoms with Gasteiger partial charge in [-0.1, -0.05) is 11.6 Å². The van der Waals surface area contributed by atoms with Gasteiger partial charge in [-0.05, 0) is 32.9 Å². The number of halogens is 1. The molecule has 6 heteroatoms. The van der Waals surface area contributed by atoms with Gasteiger partial charge in [0.05, 0.1) is 10.6 Å². The number of pyridine rings is 1. The van der Waals surface area contributed by atoms with Crippen molar-refractivity contribution < 1.29 is 4.79 Å². The highest BCUT2D eigenvalue weighted by Crippen LogP contribution is 2.20. The summed E-state index contributed by atoms with van der Waals surface area (Å²) in [5.74, 6) is 0.506. The number of hydrogen-bond donors (Lipinski definition) is 2. The van der Waals surface area contributed by atoms with Crippen LogP contribution in [0, 0.1) is 0 Å². The van der Waals surface area contributed by atoms with Gasteiger partial charge >= 0.3 is 0 Å². The Morgan fingerprint density at radius 1 is 1.55 bits per heavy atom. The van der Waals surface area contributed by atoms with Crippen LogP contribution < -0.4 is 10.6 Å². The predicted molar refractivity (Wildman–Crippen MR) is 81.4 cm³/mol. The largest absolute Gasteiger partial charge is 0.373 e. The molecule has 20 heavy (non-hydrogen) atoms. The number of hydrogen-bond acceptors (Lipinski definition) is 4. The second-order valence-electron chi connectivity index (χ2n) is 5.32. The van der Waals surface area contributed by atoms with Crippen LogP contribution in [0.1, 0.15) is 30.1 Å². The fourth-order valence-corrected chi connectivity index (χ4v) is 2.62. The number of nitrogens with one attached hydrogen (secondary N) is 2. The molecule has 1 aliphatic heterocycles. The Bertz CT molecular complexity index is 494. The summed E-state index contributed by atoms with van der Waals surface area (Å²) in [7, 11) is 3.87. The first kappa shape index (κ1) is 15.1. The SMILES string of the molecule is CNc1cc(C(=O)NC2CCN(C)C(C)C2)c(Cl)cn1. The molecule has 2 unspecified atom stereocenters. The lowest BCUT2D eigenvalue weighted by Gasteiger charge is -2.35. The minimum Gasteiger partial charge on any atom is -0.373 e. The highest BCUT2D eigenvalue weighted by atomic mass is 35.5. The van der Waals surface area contributed by atoms with E-state index in [1.165, 1.54) is 6.20 Å². The van der Waals surface area contributed by atoms with Crippen molar-refractivity contribution in [3.63, 3.8) is 0 Å². The van der Waals surface area contributed by atoms with Crippen molar-refractivity contribution >= 4 is 23.3 Å². The number of aromatic nitrogens is 1. The predicted octanol–water partition coefficient (Wildman–Crippen LogP) is 1.99. The Labute approximate surface area is 124 Å². The summed E-state index contributed by atoms with van der Waals surface area (Å²) in [5, 5.41) is 6.36. The number of likely N-dealkylation sites (tertiary alicyclic amines) is 1. The van der Waals surface area contributed by atoms with Gasteiger partial charge in [0, 0.05) is 31.9 Å². The Hall–Kier alpha value is -1.33. The molecule has 1 amide bonds. The van der Waals surface area contributed by atoms with Crippen LogP contribution in [0.2, 0.25) is 5.02 Å². The molecule has 0 saturated carbocycles.